The van der Waals surface area contributed by atoms with Crippen molar-refractivity contribution in [2.24, 2.45) is 0 Å². The summed E-state index contributed by atoms with van der Waals surface area (Å²) in [5, 5.41) is 1.93. The highest BCUT2D eigenvalue weighted by Crippen LogP contribution is 2.15. The maximum atomic E-state index is 4.54. The molecule has 0 amide bonds. The van der Waals surface area contributed by atoms with E-state index in [0.29, 0.717) is 15.7 Å². The maximum absolute atomic E-state index is 4.54. The Bertz CT molecular complexity index is 422. The van der Waals surface area contributed by atoms with Crippen LogP contribution < -0.4 is 0 Å². The third-order valence-electron chi connectivity index (χ3n) is 8.03. The summed E-state index contributed by atoms with van der Waals surface area (Å²) in [6.07, 6.45) is 39.6. The van der Waals surface area contributed by atoms with Crippen molar-refractivity contribution in [1.29, 1.82) is 0 Å². The van der Waals surface area contributed by atoms with Crippen LogP contribution in [0.25, 0.3) is 0 Å². The molecule has 4 heteroatoms. The Morgan fingerprint density at radius 1 is 0.318 bits per heavy atom. The van der Waals surface area contributed by atoms with Gasteiger partial charge in [-0.1, -0.05) is 196 Å². The van der Waals surface area contributed by atoms with Gasteiger partial charge in [0.1, 0.15) is 0 Å². The van der Waals surface area contributed by atoms with E-state index < -0.39 is 0 Å². The number of thiol groups is 4. The van der Waals surface area contributed by atoms with Crippen molar-refractivity contribution in [3.63, 3.8) is 0 Å². The van der Waals surface area contributed by atoms with E-state index in [1.165, 1.54) is 186 Å². The molecule has 272 valence electrons. The first kappa shape index (κ1) is 52.2. The van der Waals surface area contributed by atoms with Crippen LogP contribution in [0.15, 0.2) is 0 Å². The average molecular weight is 697 g/mol. The molecule has 0 heterocycles. The Morgan fingerprint density at radius 3 is 1.02 bits per heavy atom. The Labute approximate surface area is 305 Å². The first-order valence-corrected chi connectivity index (χ1v) is 22.1. The lowest BCUT2D eigenvalue weighted by Crippen LogP contribution is -1.97. The second kappa shape index (κ2) is 51.2. The van der Waals surface area contributed by atoms with Crippen LogP contribution in [0.2, 0.25) is 0 Å². The fourth-order valence-corrected chi connectivity index (χ4v) is 6.18. The molecule has 0 aliphatic heterocycles. The SMILES string of the molecule is CCCCCC(S)CCCC.CCCCCCC(S)CCC.CCCCCCCCC(C)S.CCCCCCCCCCS. The van der Waals surface area contributed by atoms with E-state index in [9.17, 15) is 0 Å². The summed E-state index contributed by atoms with van der Waals surface area (Å²) in [6, 6.07) is 0. The van der Waals surface area contributed by atoms with E-state index in [2.05, 4.69) is 99.0 Å². The lowest BCUT2D eigenvalue weighted by Gasteiger charge is -2.08. The average Bonchev–Trinajstić information content (AvgIpc) is 3.01. The smallest absolute Gasteiger partial charge is 0.00168 e. The Morgan fingerprint density at radius 2 is 0.614 bits per heavy atom. The predicted molar refractivity (Wildman–Crippen MR) is 226 cm³/mol. The molecule has 0 aromatic heterocycles. The van der Waals surface area contributed by atoms with Gasteiger partial charge >= 0.3 is 0 Å². The van der Waals surface area contributed by atoms with Crippen LogP contribution in [-0.4, -0.2) is 21.5 Å². The second-order valence-electron chi connectivity index (χ2n) is 13.2. The molecule has 0 N–H and O–H groups in total. The third-order valence-corrected chi connectivity index (χ3v) is 9.64. The topological polar surface area (TPSA) is 0 Å². The molecule has 3 unspecified atom stereocenters. The molecular weight excluding hydrogens is 609 g/mol. The first-order chi connectivity index (χ1) is 21.3. The molecule has 0 rings (SSSR count). The Balaban J connectivity index is -0.000000242. The molecule has 0 spiro atoms. The van der Waals surface area contributed by atoms with Gasteiger partial charge in [-0.2, -0.15) is 50.5 Å². The minimum absolute atomic E-state index is 0.598. The lowest BCUT2D eigenvalue weighted by molar-refractivity contribution is 0.586. The Kier molecular flexibility index (Phi) is 60.8. The zero-order chi connectivity index (χ0) is 33.9. The number of hydrogen-bond donors (Lipinski definition) is 4. The quantitative estimate of drug-likeness (QED) is 0.0434. The largest absolute Gasteiger partial charge is 0.179 e. The van der Waals surface area contributed by atoms with Crippen LogP contribution in [0.3, 0.4) is 0 Å². The summed E-state index contributed by atoms with van der Waals surface area (Å²) in [6.45, 7) is 15.7. The van der Waals surface area contributed by atoms with Gasteiger partial charge in [-0.05, 0) is 49.5 Å². The van der Waals surface area contributed by atoms with Crippen LogP contribution >= 0.6 is 50.5 Å². The molecule has 44 heavy (non-hydrogen) atoms. The van der Waals surface area contributed by atoms with Crippen molar-refractivity contribution in [1.82, 2.24) is 0 Å². The molecule has 0 aliphatic rings. The Hall–Kier alpha value is 1.40. The molecule has 0 aromatic rings. The van der Waals surface area contributed by atoms with Gasteiger partial charge in [0.05, 0.1) is 0 Å². The maximum Gasteiger partial charge on any atom is 0.00168 e. The molecule has 0 bridgehead atoms. The van der Waals surface area contributed by atoms with E-state index in [1.54, 1.807) is 0 Å². The minimum atomic E-state index is 0.598. The molecule has 3 atom stereocenters. The fourth-order valence-electron chi connectivity index (χ4n) is 4.96. The van der Waals surface area contributed by atoms with Gasteiger partial charge in [0.25, 0.3) is 0 Å². The summed E-state index contributed by atoms with van der Waals surface area (Å²) in [5.74, 6) is 1.06. The van der Waals surface area contributed by atoms with E-state index >= 15 is 0 Å². The van der Waals surface area contributed by atoms with Crippen molar-refractivity contribution >= 4 is 50.5 Å². The van der Waals surface area contributed by atoms with Gasteiger partial charge < -0.3 is 0 Å². The summed E-state index contributed by atoms with van der Waals surface area (Å²) in [7, 11) is 0. The van der Waals surface area contributed by atoms with Gasteiger partial charge in [-0.3, -0.25) is 0 Å². The van der Waals surface area contributed by atoms with E-state index in [0.717, 1.165) is 5.75 Å². The number of hydrogen-bond acceptors (Lipinski definition) is 4. The van der Waals surface area contributed by atoms with Crippen molar-refractivity contribution in [2.75, 3.05) is 5.75 Å². The zero-order valence-corrected chi connectivity index (χ0v) is 35.3. The van der Waals surface area contributed by atoms with Crippen molar-refractivity contribution < 1.29 is 0 Å². The first-order valence-electron chi connectivity index (χ1n) is 20.0. The summed E-state index contributed by atoms with van der Waals surface area (Å²) < 4.78 is 0. The molecule has 0 saturated heterocycles. The van der Waals surface area contributed by atoms with Crippen molar-refractivity contribution in [3.05, 3.63) is 0 Å². The van der Waals surface area contributed by atoms with Crippen LogP contribution in [0.5, 0.6) is 0 Å². The van der Waals surface area contributed by atoms with Gasteiger partial charge in [0, 0.05) is 10.5 Å². The zero-order valence-electron chi connectivity index (χ0n) is 31.7. The second-order valence-corrected chi connectivity index (χ2v) is 16.0. The highest BCUT2D eigenvalue weighted by molar-refractivity contribution is 7.81. The van der Waals surface area contributed by atoms with Crippen molar-refractivity contribution in [3.8, 4) is 0 Å². The highest BCUT2D eigenvalue weighted by Gasteiger charge is 2.01. The van der Waals surface area contributed by atoms with Crippen molar-refractivity contribution in [2.45, 2.75) is 250 Å². The molecule has 0 nitrogen and oxygen atoms in total. The van der Waals surface area contributed by atoms with Gasteiger partial charge in [-0.25, -0.2) is 0 Å². The summed E-state index contributed by atoms with van der Waals surface area (Å²) >= 11 is 17.6. The lowest BCUT2D eigenvalue weighted by atomic mass is 10.1. The molecule has 0 radical (unpaired) electrons. The summed E-state index contributed by atoms with van der Waals surface area (Å²) in [4.78, 5) is 0. The van der Waals surface area contributed by atoms with Gasteiger partial charge in [0.2, 0.25) is 0 Å². The predicted octanol–water partition coefficient (Wildman–Crippen LogP) is 16.2. The van der Waals surface area contributed by atoms with Gasteiger partial charge in [-0.15, -0.1) is 0 Å². The summed E-state index contributed by atoms with van der Waals surface area (Å²) in [5.41, 5.74) is 0. The molecule has 0 aliphatic carbocycles. The molecule has 0 aromatic carbocycles. The van der Waals surface area contributed by atoms with E-state index in [1.807, 2.05) is 0 Å². The number of unbranched alkanes of at least 4 members (excludes halogenated alkanes) is 18. The number of rotatable bonds is 29. The van der Waals surface area contributed by atoms with Crippen LogP contribution in [-0.2, 0) is 0 Å². The minimum Gasteiger partial charge on any atom is -0.179 e. The monoisotopic (exact) mass is 697 g/mol. The highest BCUT2D eigenvalue weighted by atomic mass is 32.1. The molecule has 0 saturated carbocycles. The fraction of sp³-hybridized carbons (Fsp3) is 1.00. The normalized spacial score (nSPS) is 12.6. The third kappa shape index (κ3) is 62.3. The van der Waals surface area contributed by atoms with Crippen LogP contribution in [0.1, 0.15) is 235 Å². The van der Waals surface area contributed by atoms with Crippen LogP contribution in [0, 0.1) is 0 Å². The van der Waals surface area contributed by atoms with Gasteiger partial charge in [0.15, 0.2) is 0 Å². The van der Waals surface area contributed by atoms with Crippen LogP contribution in [0.4, 0.5) is 0 Å². The van der Waals surface area contributed by atoms with E-state index in [4.69, 9.17) is 0 Å². The standard InChI is InChI=1S/4C10H22S/c1-3-4-5-6-7-8-9-10(2)11;1-3-5-6-7-9-10(11)8-4-2;1-3-5-7-9-10(11)8-6-4-2;1-2-3-4-5-6-7-8-9-10-11/h3*10-11H,3-9H2,1-2H3;11H,2-10H2,1H3. The van der Waals surface area contributed by atoms with E-state index in [-0.39, 0.29) is 0 Å². The molecular formula is C40H88S4. The molecule has 0 fully saturated rings.